The molecular formula is C16H25FN2O3. The molecule has 0 heterocycles. The number of amides is 1. The number of hydrogen-bond acceptors (Lipinski definition) is 4. The number of nitrogens with one attached hydrogen (secondary N) is 2. The fourth-order valence-corrected chi connectivity index (χ4v) is 1.76. The van der Waals surface area contributed by atoms with Crippen molar-refractivity contribution in [1.82, 2.24) is 5.32 Å². The number of carbonyl (C=O) groups is 1. The minimum absolute atomic E-state index is 0.0721. The van der Waals surface area contributed by atoms with Crippen LogP contribution in [0.15, 0.2) is 18.2 Å². The Morgan fingerprint density at radius 1 is 1.36 bits per heavy atom. The quantitative estimate of drug-likeness (QED) is 0.843. The predicted octanol–water partition coefficient (Wildman–Crippen LogP) is 3.55. The highest BCUT2D eigenvalue weighted by Gasteiger charge is 2.16. The molecule has 1 rings (SSSR count). The van der Waals surface area contributed by atoms with E-state index in [2.05, 4.69) is 10.6 Å². The highest BCUT2D eigenvalue weighted by atomic mass is 19.1. The van der Waals surface area contributed by atoms with Gasteiger partial charge in [-0.1, -0.05) is 0 Å². The van der Waals surface area contributed by atoms with Crippen LogP contribution < -0.4 is 15.4 Å². The number of ether oxygens (including phenoxy) is 2. The number of rotatable bonds is 6. The summed E-state index contributed by atoms with van der Waals surface area (Å²) in [6.07, 6.45) is -0.467. The number of anilines is 1. The number of alkyl carbamates (subject to hydrolysis) is 1. The molecule has 0 radical (unpaired) electrons. The van der Waals surface area contributed by atoms with Gasteiger partial charge in [0, 0.05) is 18.7 Å². The van der Waals surface area contributed by atoms with Crippen LogP contribution in [-0.2, 0) is 4.74 Å². The maximum Gasteiger partial charge on any atom is 0.407 e. The van der Waals surface area contributed by atoms with Gasteiger partial charge in [-0.15, -0.1) is 0 Å². The molecule has 0 saturated carbocycles. The molecule has 1 unspecified atom stereocenters. The van der Waals surface area contributed by atoms with Crippen molar-refractivity contribution in [2.45, 2.75) is 46.3 Å². The summed E-state index contributed by atoms with van der Waals surface area (Å²) < 4.78 is 23.8. The Morgan fingerprint density at radius 2 is 2.05 bits per heavy atom. The second kappa shape index (κ2) is 7.87. The van der Waals surface area contributed by atoms with Crippen LogP contribution in [0, 0.1) is 5.82 Å². The lowest BCUT2D eigenvalue weighted by Gasteiger charge is -2.22. The highest BCUT2D eigenvalue weighted by molar-refractivity contribution is 5.67. The summed E-state index contributed by atoms with van der Waals surface area (Å²) in [6, 6.07) is 4.24. The van der Waals surface area contributed by atoms with Crippen LogP contribution in [0.1, 0.15) is 34.6 Å². The molecule has 1 atom stereocenters. The van der Waals surface area contributed by atoms with Crippen LogP contribution in [0.2, 0.25) is 0 Å². The molecule has 0 aliphatic rings. The van der Waals surface area contributed by atoms with E-state index in [0.29, 0.717) is 24.6 Å². The van der Waals surface area contributed by atoms with Crippen molar-refractivity contribution in [3.63, 3.8) is 0 Å². The van der Waals surface area contributed by atoms with E-state index in [9.17, 15) is 9.18 Å². The maximum absolute atomic E-state index is 13.2. The summed E-state index contributed by atoms with van der Waals surface area (Å²) in [6.45, 7) is 9.97. The van der Waals surface area contributed by atoms with Gasteiger partial charge in [-0.3, -0.25) is 0 Å². The monoisotopic (exact) mass is 312 g/mol. The van der Waals surface area contributed by atoms with Gasteiger partial charge in [0.25, 0.3) is 0 Å². The van der Waals surface area contributed by atoms with Gasteiger partial charge >= 0.3 is 6.09 Å². The van der Waals surface area contributed by atoms with Crippen molar-refractivity contribution in [2.75, 3.05) is 18.5 Å². The molecule has 6 heteroatoms. The van der Waals surface area contributed by atoms with Crippen molar-refractivity contribution in [3.05, 3.63) is 24.0 Å². The number of halogens is 1. The van der Waals surface area contributed by atoms with E-state index in [-0.39, 0.29) is 11.9 Å². The highest BCUT2D eigenvalue weighted by Crippen LogP contribution is 2.26. The summed E-state index contributed by atoms with van der Waals surface area (Å²) in [5, 5.41) is 5.86. The maximum atomic E-state index is 13.2. The van der Waals surface area contributed by atoms with E-state index >= 15 is 0 Å². The topological polar surface area (TPSA) is 59.6 Å². The van der Waals surface area contributed by atoms with Gasteiger partial charge in [-0.2, -0.15) is 0 Å². The van der Waals surface area contributed by atoms with Crippen LogP contribution in [0.5, 0.6) is 5.75 Å². The lowest BCUT2D eigenvalue weighted by atomic mass is 10.2. The molecule has 124 valence electrons. The largest absolute Gasteiger partial charge is 0.492 e. The Kier molecular flexibility index (Phi) is 6.46. The molecule has 1 aromatic carbocycles. The molecular weight excluding hydrogens is 287 g/mol. The molecule has 1 aromatic rings. The predicted molar refractivity (Wildman–Crippen MR) is 84.9 cm³/mol. The molecule has 1 amide bonds. The molecule has 0 aliphatic carbocycles. The van der Waals surface area contributed by atoms with Gasteiger partial charge in [0.1, 0.15) is 17.2 Å². The average Bonchev–Trinajstić information content (AvgIpc) is 2.38. The van der Waals surface area contributed by atoms with Crippen molar-refractivity contribution >= 4 is 11.8 Å². The van der Waals surface area contributed by atoms with Gasteiger partial charge in [-0.05, 0) is 46.8 Å². The lowest BCUT2D eigenvalue weighted by molar-refractivity contribution is 0.0526. The smallest absolute Gasteiger partial charge is 0.407 e. The van der Waals surface area contributed by atoms with E-state index in [1.54, 1.807) is 26.8 Å². The van der Waals surface area contributed by atoms with E-state index in [1.165, 1.54) is 12.1 Å². The summed E-state index contributed by atoms with van der Waals surface area (Å²) in [5.41, 5.74) is 0.154. The molecule has 22 heavy (non-hydrogen) atoms. The first kappa shape index (κ1) is 18.1. The van der Waals surface area contributed by atoms with Crippen molar-refractivity contribution in [2.24, 2.45) is 0 Å². The van der Waals surface area contributed by atoms with E-state index in [1.807, 2.05) is 13.8 Å². The summed E-state index contributed by atoms with van der Waals surface area (Å²) >= 11 is 0. The third-order valence-electron chi connectivity index (χ3n) is 2.60. The van der Waals surface area contributed by atoms with Crippen LogP contribution in [0.25, 0.3) is 0 Å². The molecule has 0 spiro atoms. The normalized spacial score (nSPS) is 12.5. The first-order valence-corrected chi connectivity index (χ1v) is 7.37. The Hall–Kier alpha value is -1.98. The zero-order valence-electron chi connectivity index (χ0n) is 13.8. The van der Waals surface area contributed by atoms with Gasteiger partial charge < -0.3 is 20.1 Å². The number of carbonyl (C=O) groups excluding carboxylic acids is 1. The zero-order valence-corrected chi connectivity index (χ0v) is 13.8. The van der Waals surface area contributed by atoms with E-state index < -0.39 is 11.7 Å². The van der Waals surface area contributed by atoms with Gasteiger partial charge in [-0.25, -0.2) is 9.18 Å². The van der Waals surface area contributed by atoms with Crippen LogP contribution in [0.4, 0.5) is 14.9 Å². The minimum atomic E-state index is -0.528. The SMILES string of the molecule is CCOc1cc(F)ccc1NC(C)CNC(=O)OC(C)(C)C. The molecule has 0 aliphatic heterocycles. The third-order valence-corrected chi connectivity index (χ3v) is 2.60. The third kappa shape index (κ3) is 6.65. The Bertz CT molecular complexity index is 501. The number of hydrogen-bond donors (Lipinski definition) is 2. The first-order valence-electron chi connectivity index (χ1n) is 7.37. The second-order valence-electron chi connectivity index (χ2n) is 6.00. The molecule has 0 bridgehead atoms. The van der Waals surface area contributed by atoms with E-state index in [0.717, 1.165) is 0 Å². The van der Waals surface area contributed by atoms with Gasteiger partial charge in [0.15, 0.2) is 0 Å². The van der Waals surface area contributed by atoms with Crippen LogP contribution in [0.3, 0.4) is 0 Å². The minimum Gasteiger partial charge on any atom is -0.492 e. The van der Waals surface area contributed by atoms with Gasteiger partial charge in [0.2, 0.25) is 0 Å². The van der Waals surface area contributed by atoms with Crippen LogP contribution in [-0.4, -0.2) is 30.9 Å². The zero-order chi connectivity index (χ0) is 16.8. The van der Waals surface area contributed by atoms with Crippen LogP contribution >= 0.6 is 0 Å². The Morgan fingerprint density at radius 3 is 2.64 bits per heavy atom. The molecule has 0 saturated heterocycles. The van der Waals surface area contributed by atoms with Crippen molar-refractivity contribution in [3.8, 4) is 5.75 Å². The fraction of sp³-hybridized carbons (Fsp3) is 0.562. The first-order chi connectivity index (χ1) is 10.2. The standard InChI is InChI=1S/C16H25FN2O3/c1-6-21-14-9-12(17)7-8-13(14)19-11(2)10-18-15(20)22-16(3,4)5/h7-9,11,19H,6,10H2,1-5H3,(H,18,20). The van der Waals surface area contributed by atoms with Gasteiger partial charge in [0.05, 0.1) is 12.3 Å². The number of benzene rings is 1. The average molecular weight is 312 g/mol. The summed E-state index contributed by atoms with van der Waals surface area (Å²) in [7, 11) is 0. The van der Waals surface area contributed by atoms with E-state index in [4.69, 9.17) is 9.47 Å². The summed E-state index contributed by atoms with van der Waals surface area (Å²) in [5.74, 6) is 0.0974. The molecule has 5 nitrogen and oxygen atoms in total. The second-order valence-corrected chi connectivity index (χ2v) is 6.00. The molecule has 2 N–H and O–H groups in total. The molecule has 0 fully saturated rings. The Labute approximate surface area is 131 Å². The molecule has 0 aromatic heterocycles. The summed E-state index contributed by atoms with van der Waals surface area (Å²) in [4.78, 5) is 11.6. The van der Waals surface area contributed by atoms with Crippen molar-refractivity contribution < 1.29 is 18.7 Å². The Balaban J connectivity index is 2.55. The lowest BCUT2D eigenvalue weighted by Crippen LogP contribution is -2.38. The fourth-order valence-electron chi connectivity index (χ4n) is 1.76. The van der Waals surface area contributed by atoms with Crippen molar-refractivity contribution in [1.29, 1.82) is 0 Å².